The number of halogens is 3. The highest BCUT2D eigenvalue weighted by Crippen LogP contribution is 2.33. The van der Waals surface area contributed by atoms with Gasteiger partial charge in [0.2, 0.25) is 0 Å². The number of nitriles is 1. The number of rotatable bonds is 4. The van der Waals surface area contributed by atoms with Crippen molar-refractivity contribution >= 4 is 5.69 Å². The number of aliphatic hydroxyl groups excluding tert-OH is 1. The Balaban J connectivity index is 3.04. The number of hydrogen-bond donors (Lipinski definition) is 2. The smallest absolute Gasteiger partial charge is 0.394 e. The second-order valence-electron chi connectivity index (χ2n) is 3.80. The monoisotopic (exact) mass is 258 g/mol. The quantitative estimate of drug-likeness (QED) is 0.873. The summed E-state index contributed by atoms with van der Waals surface area (Å²) < 4.78 is 37.7. The first-order valence-electron chi connectivity index (χ1n) is 5.41. The van der Waals surface area contributed by atoms with Gasteiger partial charge in [-0.2, -0.15) is 18.4 Å². The Kier molecular flexibility index (Phi) is 4.56. The molecule has 0 saturated heterocycles. The van der Waals surface area contributed by atoms with Crippen LogP contribution >= 0.6 is 0 Å². The van der Waals surface area contributed by atoms with E-state index in [-0.39, 0.29) is 12.6 Å². The van der Waals surface area contributed by atoms with Gasteiger partial charge in [0.25, 0.3) is 0 Å². The maximum absolute atomic E-state index is 12.6. The summed E-state index contributed by atoms with van der Waals surface area (Å²) in [6.07, 6.45) is -3.91. The highest BCUT2D eigenvalue weighted by atomic mass is 19.4. The fourth-order valence-electron chi connectivity index (χ4n) is 1.49. The third-order valence-electron chi connectivity index (χ3n) is 2.53. The van der Waals surface area contributed by atoms with E-state index < -0.39 is 17.3 Å². The number of alkyl halides is 3. The molecule has 0 amide bonds. The number of nitrogens with zero attached hydrogens (tertiary/aromatic N) is 1. The van der Waals surface area contributed by atoms with Gasteiger partial charge in [-0.1, -0.05) is 6.92 Å². The van der Waals surface area contributed by atoms with Gasteiger partial charge in [0.1, 0.15) is 0 Å². The summed E-state index contributed by atoms with van der Waals surface area (Å²) in [5.41, 5.74) is -0.992. The normalized spacial score (nSPS) is 12.9. The van der Waals surface area contributed by atoms with Crippen LogP contribution in [0.4, 0.5) is 18.9 Å². The van der Waals surface area contributed by atoms with Crippen LogP contribution in [-0.2, 0) is 6.18 Å². The molecule has 0 bridgehead atoms. The van der Waals surface area contributed by atoms with Gasteiger partial charge in [0.15, 0.2) is 0 Å². The van der Waals surface area contributed by atoms with Gasteiger partial charge in [0, 0.05) is 11.7 Å². The molecule has 0 saturated carbocycles. The maximum Gasteiger partial charge on any atom is 0.417 e. The molecule has 0 spiro atoms. The van der Waals surface area contributed by atoms with Crippen molar-refractivity contribution < 1.29 is 18.3 Å². The summed E-state index contributed by atoms with van der Waals surface area (Å²) in [6, 6.07) is 4.54. The number of hydrogen-bond acceptors (Lipinski definition) is 3. The highest BCUT2D eigenvalue weighted by Gasteiger charge is 2.33. The first kappa shape index (κ1) is 14.3. The molecule has 1 aromatic carbocycles. The minimum atomic E-state index is -4.54. The Morgan fingerprint density at radius 1 is 1.44 bits per heavy atom. The zero-order chi connectivity index (χ0) is 13.8. The van der Waals surface area contributed by atoms with Gasteiger partial charge in [-0.15, -0.1) is 0 Å². The van der Waals surface area contributed by atoms with Crippen molar-refractivity contribution in [3.63, 3.8) is 0 Å². The van der Waals surface area contributed by atoms with E-state index in [1.807, 2.05) is 6.92 Å². The molecular formula is C12H13F3N2O. The van der Waals surface area contributed by atoms with Crippen LogP contribution in [0, 0.1) is 11.3 Å². The first-order chi connectivity index (χ1) is 8.42. The van der Waals surface area contributed by atoms with Gasteiger partial charge in [-0.25, -0.2) is 0 Å². The van der Waals surface area contributed by atoms with Crippen LogP contribution in [0.25, 0.3) is 0 Å². The molecule has 0 aromatic heterocycles. The summed E-state index contributed by atoms with van der Waals surface area (Å²) in [4.78, 5) is 0. The van der Waals surface area contributed by atoms with E-state index in [2.05, 4.69) is 5.32 Å². The molecule has 18 heavy (non-hydrogen) atoms. The van der Waals surface area contributed by atoms with Crippen LogP contribution < -0.4 is 5.32 Å². The summed E-state index contributed by atoms with van der Waals surface area (Å²) in [5, 5.41) is 20.6. The fourth-order valence-corrected chi connectivity index (χ4v) is 1.49. The molecule has 1 aromatic rings. The highest BCUT2D eigenvalue weighted by molar-refractivity contribution is 5.54. The lowest BCUT2D eigenvalue weighted by molar-refractivity contribution is -0.137. The fraction of sp³-hybridized carbons (Fsp3) is 0.417. The Morgan fingerprint density at radius 3 is 2.56 bits per heavy atom. The molecule has 3 nitrogen and oxygen atoms in total. The van der Waals surface area contributed by atoms with Gasteiger partial charge in [0.05, 0.1) is 23.8 Å². The predicted octanol–water partition coefficient (Wildman–Crippen LogP) is 2.76. The minimum Gasteiger partial charge on any atom is -0.394 e. The lowest BCUT2D eigenvalue weighted by Gasteiger charge is -2.17. The largest absolute Gasteiger partial charge is 0.417 e. The van der Waals surface area contributed by atoms with E-state index in [0.717, 1.165) is 12.1 Å². The van der Waals surface area contributed by atoms with Crippen LogP contribution in [0.15, 0.2) is 18.2 Å². The van der Waals surface area contributed by atoms with Crippen LogP contribution in [-0.4, -0.2) is 17.8 Å². The third-order valence-corrected chi connectivity index (χ3v) is 2.53. The van der Waals surface area contributed by atoms with Crippen molar-refractivity contribution in [3.05, 3.63) is 29.3 Å². The number of nitrogens with one attached hydrogen (secondary N) is 1. The zero-order valence-electron chi connectivity index (χ0n) is 9.75. The van der Waals surface area contributed by atoms with Crippen LogP contribution in [0.5, 0.6) is 0 Å². The van der Waals surface area contributed by atoms with Crippen molar-refractivity contribution in [3.8, 4) is 6.07 Å². The number of benzene rings is 1. The molecule has 0 aliphatic carbocycles. The minimum absolute atomic E-state index is 0.126. The van der Waals surface area contributed by atoms with Gasteiger partial charge in [-0.3, -0.25) is 0 Å². The molecular weight excluding hydrogens is 245 g/mol. The molecule has 0 unspecified atom stereocenters. The van der Waals surface area contributed by atoms with Crippen molar-refractivity contribution in [1.29, 1.82) is 5.26 Å². The zero-order valence-corrected chi connectivity index (χ0v) is 9.75. The average molecular weight is 258 g/mol. The second-order valence-corrected chi connectivity index (χ2v) is 3.80. The molecule has 1 rings (SSSR count). The van der Waals surface area contributed by atoms with E-state index in [9.17, 15) is 13.2 Å². The Morgan fingerprint density at radius 2 is 2.11 bits per heavy atom. The molecule has 98 valence electrons. The predicted molar refractivity (Wildman–Crippen MR) is 60.9 cm³/mol. The maximum atomic E-state index is 12.6. The third kappa shape index (κ3) is 3.37. The summed E-state index contributed by atoms with van der Waals surface area (Å²) in [7, 11) is 0. The second kappa shape index (κ2) is 5.74. The average Bonchev–Trinajstić information content (AvgIpc) is 2.34. The van der Waals surface area contributed by atoms with Gasteiger partial charge in [-0.05, 0) is 24.6 Å². The molecule has 0 heterocycles. The summed E-state index contributed by atoms with van der Waals surface area (Å²) in [5.74, 6) is 0. The lowest BCUT2D eigenvalue weighted by Crippen LogP contribution is -2.22. The Hall–Kier alpha value is -1.74. The molecule has 0 aliphatic rings. The molecule has 2 N–H and O–H groups in total. The van der Waals surface area contributed by atoms with Crippen LogP contribution in [0.3, 0.4) is 0 Å². The molecule has 6 heteroatoms. The standard InChI is InChI=1S/C12H13F3N2O/c1-2-9(7-18)17-10-3-4-11(12(13,14)15)8(5-10)6-16/h3-5,9,17-18H,2,7H2,1H3/t9-/m1/s1. The van der Waals surface area contributed by atoms with E-state index in [0.29, 0.717) is 12.1 Å². The summed E-state index contributed by atoms with van der Waals surface area (Å²) >= 11 is 0. The molecule has 0 aliphatic heterocycles. The van der Waals surface area contributed by atoms with Crippen molar-refractivity contribution in [2.24, 2.45) is 0 Å². The first-order valence-corrected chi connectivity index (χ1v) is 5.41. The molecule has 0 fully saturated rings. The van der Waals surface area contributed by atoms with Gasteiger partial charge < -0.3 is 10.4 Å². The van der Waals surface area contributed by atoms with E-state index in [1.165, 1.54) is 12.1 Å². The van der Waals surface area contributed by atoms with Crippen molar-refractivity contribution in [2.75, 3.05) is 11.9 Å². The van der Waals surface area contributed by atoms with Crippen molar-refractivity contribution in [1.82, 2.24) is 0 Å². The SMILES string of the molecule is CC[C@H](CO)Nc1ccc(C(F)(F)F)c(C#N)c1. The van der Waals surface area contributed by atoms with Crippen molar-refractivity contribution in [2.45, 2.75) is 25.6 Å². The van der Waals surface area contributed by atoms with Crippen LogP contribution in [0.2, 0.25) is 0 Å². The Labute approximate surface area is 103 Å². The Bertz CT molecular complexity index is 448. The van der Waals surface area contributed by atoms with Crippen LogP contribution in [0.1, 0.15) is 24.5 Å². The van der Waals surface area contributed by atoms with E-state index >= 15 is 0 Å². The number of aliphatic hydroxyl groups is 1. The van der Waals surface area contributed by atoms with Gasteiger partial charge >= 0.3 is 6.18 Å². The number of anilines is 1. The van der Waals surface area contributed by atoms with E-state index in [4.69, 9.17) is 10.4 Å². The van der Waals surface area contributed by atoms with E-state index in [1.54, 1.807) is 0 Å². The molecule has 1 atom stereocenters. The molecule has 0 radical (unpaired) electrons. The summed E-state index contributed by atoms with van der Waals surface area (Å²) in [6.45, 7) is 1.71. The lowest BCUT2D eigenvalue weighted by atomic mass is 10.1. The topological polar surface area (TPSA) is 56.0 Å².